The largest absolute Gasteiger partial charge is 0.331 e. The molecular formula is C24H15Cl2N5OS. The normalized spacial score (nSPS) is 11.0. The van der Waals surface area contributed by atoms with Gasteiger partial charge in [0, 0.05) is 16.0 Å². The number of nitrogens with one attached hydrogen (secondary N) is 2. The van der Waals surface area contributed by atoms with Gasteiger partial charge in [-0.05, 0) is 54.0 Å². The number of hydrogen-bond donors (Lipinski definition) is 2. The first-order valence-electron chi connectivity index (χ1n) is 9.91. The summed E-state index contributed by atoms with van der Waals surface area (Å²) in [5, 5.41) is 17.3. The van der Waals surface area contributed by atoms with Crippen LogP contribution in [0.1, 0.15) is 10.4 Å². The standard InChI is InChI=1S/C24H15Cl2N5OS/c25-18-11-5-8-15-16(18)9-4-10-17(15)23(32)28-24(33)27-20-13-22-21(12-19(20)26)29-31(30-22)14-6-2-1-3-7-14/h1-13H,(H2,27,28,32,33). The summed E-state index contributed by atoms with van der Waals surface area (Å²) in [6.45, 7) is 0. The van der Waals surface area contributed by atoms with Gasteiger partial charge in [0.05, 0.1) is 16.4 Å². The van der Waals surface area contributed by atoms with Gasteiger partial charge < -0.3 is 5.32 Å². The van der Waals surface area contributed by atoms with Gasteiger partial charge in [0.2, 0.25) is 0 Å². The molecule has 9 heteroatoms. The van der Waals surface area contributed by atoms with E-state index < -0.39 is 0 Å². The number of benzene rings is 4. The number of para-hydroxylation sites is 1. The van der Waals surface area contributed by atoms with E-state index in [1.807, 2.05) is 42.5 Å². The molecule has 5 rings (SSSR count). The van der Waals surface area contributed by atoms with Crippen molar-refractivity contribution in [2.45, 2.75) is 0 Å². The van der Waals surface area contributed by atoms with Crippen LogP contribution >= 0.6 is 35.4 Å². The monoisotopic (exact) mass is 491 g/mol. The summed E-state index contributed by atoms with van der Waals surface area (Å²) in [5.41, 5.74) is 3.07. The van der Waals surface area contributed by atoms with Crippen molar-refractivity contribution >= 4 is 73.9 Å². The first kappa shape index (κ1) is 21.3. The molecule has 0 fully saturated rings. The number of thiocarbonyl (C=S) groups is 1. The highest BCUT2D eigenvalue weighted by molar-refractivity contribution is 7.80. The van der Waals surface area contributed by atoms with E-state index in [1.54, 1.807) is 36.4 Å². The molecule has 6 nitrogen and oxygen atoms in total. The number of rotatable bonds is 3. The smallest absolute Gasteiger partial charge is 0.258 e. The lowest BCUT2D eigenvalue weighted by Crippen LogP contribution is -2.34. The molecule has 4 aromatic carbocycles. The molecule has 1 aromatic heterocycles. The van der Waals surface area contributed by atoms with Crippen molar-refractivity contribution in [3.05, 3.63) is 94.5 Å². The molecule has 162 valence electrons. The number of hydrogen-bond acceptors (Lipinski definition) is 4. The van der Waals surface area contributed by atoms with Crippen LogP contribution in [0.3, 0.4) is 0 Å². The van der Waals surface area contributed by atoms with Gasteiger partial charge in [-0.25, -0.2) is 0 Å². The van der Waals surface area contributed by atoms with Gasteiger partial charge in [-0.2, -0.15) is 4.80 Å². The number of fused-ring (bicyclic) bond motifs is 2. The molecule has 1 heterocycles. The van der Waals surface area contributed by atoms with Gasteiger partial charge in [0.25, 0.3) is 5.91 Å². The maximum atomic E-state index is 12.9. The van der Waals surface area contributed by atoms with Crippen LogP contribution < -0.4 is 10.6 Å². The van der Waals surface area contributed by atoms with Crippen molar-refractivity contribution in [2.75, 3.05) is 5.32 Å². The second kappa shape index (κ2) is 8.78. The lowest BCUT2D eigenvalue weighted by molar-refractivity contribution is 0.0979. The lowest BCUT2D eigenvalue weighted by atomic mass is 10.0. The van der Waals surface area contributed by atoms with Gasteiger partial charge in [-0.3, -0.25) is 10.1 Å². The zero-order valence-corrected chi connectivity index (χ0v) is 19.2. The van der Waals surface area contributed by atoms with Crippen molar-refractivity contribution in [1.29, 1.82) is 0 Å². The summed E-state index contributed by atoms with van der Waals surface area (Å²) < 4.78 is 0. The highest BCUT2D eigenvalue weighted by Crippen LogP contribution is 2.28. The molecule has 0 atom stereocenters. The summed E-state index contributed by atoms with van der Waals surface area (Å²) in [5.74, 6) is -0.354. The van der Waals surface area contributed by atoms with Crippen molar-refractivity contribution < 1.29 is 4.79 Å². The molecule has 0 unspecified atom stereocenters. The van der Waals surface area contributed by atoms with Crippen LogP contribution in [0.2, 0.25) is 10.0 Å². The summed E-state index contributed by atoms with van der Waals surface area (Å²) in [6.07, 6.45) is 0. The number of aromatic nitrogens is 3. The van der Waals surface area contributed by atoms with Crippen molar-refractivity contribution in [1.82, 2.24) is 20.3 Å². The first-order valence-corrected chi connectivity index (χ1v) is 11.1. The molecule has 0 bridgehead atoms. The highest BCUT2D eigenvalue weighted by Gasteiger charge is 2.15. The molecule has 0 aliphatic carbocycles. The number of halogens is 2. The minimum absolute atomic E-state index is 0.107. The Morgan fingerprint density at radius 1 is 0.818 bits per heavy atom. The molecular weight excluding hydrogens is 477 g/mol. The number of amides is 1. The van der Waals surface area contributed by atoms with Crippen LogP contribution in [0.25, 0.3) is 27.5 Å². The third-order valence-corrected chi connectivity index (χ3v) is 5.89. The fourth-order valence-electron chi connectivity index (χ4n) is 3.50. The van der Waals surface area contributed by atoms with Crippen LogP contribution in [0.15, 0.2) is 78.9 Å². The third kappa shape index (κ3) is 4.26. The maximum Gasteiger partial charge on any atom is 0.258 e. The van der Waals surface area contributed by atoms with Crippen molar-refractivity contribution in [3.63, 3.8) is 0 Å². The Labute approximate surface area is 204 Å². The molecule has 0 radical (unpaired) electrons. The zero-order chi connectivity index (χ0) is 22.9. The molecule has 33 heavy (non-hydrogen) atoms. The predicted octanol–water partition coefficient (Wildman–Crippen LogP) is 6.01. The molecule has 0 aliphatic rings. The molecule has 1 amide bonds. The Morgan fingerprint density at radius 2 is 1.52 bits per heavy atom. The maximum absolute atomic E-state index is 12.9. The van der Waals surface area contributed by atoms with Crippen LogP contribution in [-0.4, -0.2) is 26.0 Å². The predicted molar refractivity (Wildman–Crippen MR) is 137 cm³/mol. The first-order chi connectivity index (χ1) is 16.0. The second-order valence-corrected chi connectivity index (χ2v) is 8.42. The van der Waals surface area contributed by atoms with E-state index in [0.29, 0.717) is 32.3 Å². The van der Waals surface area contributed by atoms with E-state index in [4.69, 9.17) is 35.4 Å². The van der Waals surface area contributed by atoms with E-state index in [2.05, 4.69) is 20.8 Å². The van der Waals surface area contributed by atoms with Gasteiger partial charge >= 0.3 is 0 Å². The molecule has 0 saturated heterocycles. The fourth-order valence-corrected chi connectivity index (χ4v) is 4.15. The Hall–Kier alpha value is -3.52. The zero-order valence-electron chi connectivity index (χ0n) is 16.9. The fraction of sp³-hybridized carbons (Fsp3) is 0. The number of carbonyl (C=O) groups excluding carboxylic acids is 1. The van der Waals surface area contributed by atoms with Crippen LogP contribution in [0.5, 0.6) is 0 Å². The summed E-state index contributed by atoms with van der Waals surface area (Å²) in [4.78, 5) is 14.4. The van der Waals surface area contributed by atoms with Crippen LogP contribution in [0, 0.1) is 0 Å². The third-order valence-electron chi connectivity index (χ3n) is 5.05. The average Bonchev–Trinajstić information content (AvgIpc) is 3.22. The summed E-state index contributed by atoms with van der Waals surface area (Å²) in [7, 11) is 0. The number of nitrogens with zero attached hydrogens (tertiary/aromatic N) is 3. The van der Waals surface area contributed by atoms with E-state index in [0.717, 1.165) is 16.5 Å². The molecule has 0 spiro atoms. The van der Waals surface area contributed by atoms with E-state index in [-0.39, 0.29) is 11.0 Å². The molecule has 5 aromatic rings. The van der Waals surface area contributed by atoms with Gasteiger partial charge in [0.1, 0.15) is 11.0 Å². The van der Waals surface area contributed by atoms with Crippen molar-refractivity contribution in [2.24, 2.45) is 0 Å². The SMILES string of the molecule is O=C(NC(=S)Nc1cc2nn(-c3ccccc3)nc2cc1Cl)c1cccc2c(Cl)cccc12. The topological polar surface area (TPSA) is 71.8 Å². The second-order valence-electron chi connectivity index (χ2n) is 7.19. The van der Waals surface area contributed by atoms with Crippen molar-refractivity contribution in [3.8, 4) is 5.69 Å². The molecule has 2 N–H and O–H groups in total. The average molecular weight is 492 g/mol. The number of carbonyl (C=O) groups is 1. The Kier molecular flexibility index (Phi) is 5.68. The minimum Gasteiger partial charge on any atom is -0.331 e. The summed E-state index contributed by atoms with van der Waals surface area (Å²) >= 11 is 18.0. The number of anilines is 1. The quantitative estimate of drug-likeness (QED) is 0.302. The van der Waals surface area contributed by atoms with E-state index >= 15 is 0 Å². The Morgan fingerprint density at radius 3 is 2.30 bits per heavy atom. The lowest BCUT2D eigenvalue weighted by Gasteiger charge is -2.12. The van der Waals surface area contributed by atoms with Crippen LogP contribution in [-0.2, 0) is 0 Å². The van der Waals surface area contributed by atoms with E-state index in [9.17, 15) is 4.79 Å². The molecule has 0 aliphatic heterocycles. The van der Waals surface area contributed by atoms with Gasteiger partial charge in [0.15, 0.2) is 5.11 Å². The molecule has 0 saturated carbocycles. The Bertz CT molecular complexity index is 1530. The minimum atomic E-state index is -0.354. The summed E-state index contributed by atoms with van der Waals surface area (Å²) in [6, 6.07) is 23.8. The van der Waals surface area contributed by atoms with Gasteiger partial charge in [-0.15, -0.1) is 10.2 Å². The van der Waals surface area contributed by atoms with Gasteiger partial charge in [-0.1, -0.05) is 65.7 Å². The van der Waals surface area contributed by atoms with E-state index in [1.165, 1.54) is 4.80 Å². The Balaban J connectivity index is 1.37. The highest BCUT2D eigenvalue weighted by atomic mass is 35.5. The van der Waals surface area contributed by atoms with Crippen LogP contribution in [0.4, 0.5) is 5.69 Å².